The van der Waals surface area contributed by atoms with E-state index in [1.165, 1.54) is 28.6 Å². The second-order valence-electron chi connectivity index (χ2n) is 6.75. The number of sulfonamides is 1. The van der Waals surface area contributed by atoms with Gasteiger partial charge in [-0.2, -0.15) is 4.31 Å². The molecular formula is C20H24N2O4S. The molecular weight excluding hydrogens is 364 g/mol. The first-order valence-corrected chi connectivity index (χ1v) is 10.5. The molecule has 2 aromatic rings. The van der Waals surface area contributed by atoms with E-state index < -0.39 is 10.0 Å². The summed E-state index contributed by atoms with van der Waals surface area (Å²) in [5.41, 5.74) is 0.958. The van der Waals surface area contributed by atoms with Crippen LogP contribution in [-0.4, -0.2) is 37.8 Å². The Labute approximate surface area is 160 Å². The van der Waals surface area contributed by atoms with Crippen LogP contribution in [0.15, 0.2) is 53.4 Å². The maximum Gasteiger partial charge on any atom is 0.255 e. The standard InChI is InChI=1S/C20H24N2O4S/c1-15(2)26-19-8-4-3-7-18(19)21-20(23)16-9-11-17(12-10-16)27(24,25)22-13-5-6-14-22/h3-4,7-12,15H,5-6,13-14H2,1-2H3,(H,21,23). The van der Waals surface area contributed by atoms with Gasteiger partial charge in [-0.3, -0.25) is 4.79 Å². The van der Waals surface area contributed by atoms with Crippen LogP contribution in [0.2, 0.25) is 0 Å². The van der Waals surface area contributed by atoms with E-state index in [9.17, 15) is 13.2 Å². The molecule has 1 heterocycles. The number of nitrogens with one attached hydrogen (secondary N) is 1. The minimum Gasteiger partial charge on any atom is -0.489 e. The summed E-state index contributed by atoms with van der Waals surface area (Å²) < 4.78 is 32.3. The molecule has 1 aliphatic heterocycles. The maximum atomic E-state index is 12.6. The van der Waals surface area contributed by atoms with Gasteiger partial charge < -0.3 is 10.1 Å². The summed E-state index contributed by atoms with van der Waals surface area (Å²) in [7, 11) is -3.48. The van der Waals surface area contributed by atoms with Gasteiger partial charge in [-0.1, -0.05) is 12.1 Å². The number of nitrogens with zero attached hydrogens (tertiary/aromatic N) is 1. The third-order valence-electron chi connectivity index (χ3n) is 4.32. The molecule has 2 aromatic carbocycles. The van der Waals surface area contributed by atoms with E-state index in [-0.39, 0.29) is 16.9 Å². The lowest BCUT2D eigenvalue weighted by atomic mass is 10.2. The van der Waals surface area contributed by atoms with Gasteiger partial charge >= 0.3 is 0 Å². The number of carbonyl (C=O) groups is 1. The highest BCUT2D eigenvalue weighted by atomic mass is 32.2. The summed E-state index contributed by atoms with van der Waals surface area (Å²) >= 11 is 0. The molecule has 6 nitrogen and oxygen atoms in total. The van der Waals surface area contributed by atoms with Gasteiger partial charge in [0.05, 0.1) is 16.7 Å². The Morgan fingerprint density at radius 3 is 2.30 bits per heavy atom. The maximum absolute atomic E-state index is 12.6. The van der Waals surface area contributed by atoms with Crippen LogP contribution in [0, 0.1) is 0 Å². The molecule has 1 saturated heterocycles. The van der Waals surface area contributed by atoms with Gasteiger partial charge in [0.15, 0.2) is 0 Å². The first kappa shape index (κ1) is 19.4. The predicted molar refractivity (Wildman–Crippen MR) is 105 cm³/mol. The van der Waals surface area contributed by atoms with Crippen LogP contribution in [-0.2, 0) is 10.0 Å². The number of hydrogen-bond acceptors (Lipinski definition) is 4. The van der Waals surface area contributed by atoms with E-state index in [0.29, 0.717) is 30.1 Å². The highest BCUT2D eigenvalue weighted by Crippen LogP contribution is 2.26. The average molecular weight is 388 g/mol. The number of para-hydroxylation sites is 2. The van der Waals surface area contributed by atoms with Gasteiger partial charge in [-0.05, 0) is 63.1 Å². The van der Waals surface area contributed by atoms with Crippen LogP contribution in [0.1, 0.15) is 37.0 Å². The van der Waals surface area contributed by atoms with E-state index in [0.717, 1.165) is 12.8 Å². The largest absolute Gasteiger partial charge is 0.489 e. The SMILES string of the molecule is CC(C)Oc1ccccc1NC(=O)c1ccc(S(=O)(=O)N2CCCC2)cc1. The van der Waals surface area contributed by atoms with E-state index in [2.05, 4.69) is 5.32 Å². The van der Waals surface area contributed by atoms with Crippen molar-refractivity contribution >= 4 is 21.6 Å². The summed E-state index contributed by atoms with van der Waals surface area (Å²) in [6.45, 7) is 4.94. The summed E-state index contributed by atoms with van der Waals surface area (Å²) in [5.74, 6) is 0.272. The second-order valence-corrected chi connectivity index (χ2v) is 8.69. The summed E-state index contributed by atoms with van der Waals surface area (Å²) in [6.07, 6.45) is 1.76. The average Bonchev–Trinajstić information content (AvgIpc) is 3.18. The van der Waals surface area contributed by atoms with Crippen molar-refractivity contribution in [1.82, 2.24) is 4.31 Å². The first-order valence-electron chi connectivity index (χ1n) is 9.05. The van der Waals surface area contributed by atoms with Gasteiger partial charge in [-0.25, -0.2) is 8.42 Å². The molecule has 0 radical (unpaired) electrons. The number of ether oxygens (including phenoxy) is 1. The Hall–Kier alpha value is -2.38. The number of anilines is 1. The van der Waals surface area contributed by atoms with E-state index in [4.69, 9.17) is 4.74 Å². The second kappa shape index (κ2) is 8.10. The fourth-order valence-corrected chi connectivity index (χ4v) is 4.49. The molecule has 27 heavy (non-hydrogen) atoms. The zero-order chi connectivity index (χ0) is 19.4. The molecule has 7 heteroatoms. The van der Waals surface area contributed by atoms with Crippen molar-refractivity contribution in [2.24, 2.45) is 0 Å². The quantitative estimate of drug-likeness (QED) is 0.822. The molecule has 1 fully saturated rings. The van der Waals surface area contributed by atoms with Crippen molar-refractivity contribution in [3.05, 3.63) is 54.1 Å². The van der Waals surface area contributed by atoms with Crippen LogP contribution in [0.4, 0.5) is 5.69 Å². The minimum absolute atomic E-state index is 0.0156. The predicted octanol–water partition coefficient (Wildman–Crippen LogP) is 3.51. The van der Waals surface area contributed by atoms with Gasteiger partial charge in [0.1, 0.15) is 5.75 Å². The van der Waals surface area contributed by atoms with E-state index in [1.54, 1.807) is 12.1 Å². The number of hydrogen-bond donors (Lipinski definition) is 1. The Kier molecular flexibility index (Phi) is 5.82. The normalized spacial score (nSPS) is 15.1. The number of amides is 1. The molecule has 0 aromatic heterocycles. The Morgan fingerprint density at radius 1 is 1.04 bits per heavy atom. The molecule has 1 N–H and O–H groups in total. The summed E-state index contributed by atoms with van der Waals surface area (Å²) in [6, 6.07) is 13.2. The minimum atomic E-state index is -3.48. The lowest BCUT2D eigenvalue weighted by molar-refractivity contribution is 0.102. The van der Waals surface area contributed by atoms with Crippen molar-refractivity contribution in [1.29, 1.82) is 0 Å². The van der Waals surface area contributed by atoms with Crippen molar-refractivity contribution in [3.8, 4) is 5.75 Å². The monoisotopic (exact) mass is 388 g/mol. The summed E-state index contributed by atoms with van der Waals surface area (Å²) in [5, 5.41) is 2.82. The molecule has 0 atom stereocenters. The van der Waals surface area contributed by atoms with Crippen LogP contribution >= 0.6 is 0 Å². The van der Waals surface area contributed by atoms with Crippen molar-refractivity contribution < 1.29 is 17.9 Å². The van der Waals surface area contributed by atoms with Crippen molar-refractivity contribution in [3.63, 3.8) is 0 Å². The van der Waals surface area contributed by atoms with Crippen LogP contribution in [0.3, 0.4) is 0 Å². The molecule has 0 saturated carbocycles. The van der Waals surface area contributed by atoms with Crippen LogP contribution in [0.25, 0.3) is 0 Å². The van der Waals surface area contributed by atoms with Crippen LogP contribution < -0.4 is 10.1 Å². The van der Waals surface area contributed by atoms with Gasteiger partial charge in [0.2, 0.25) is 10.0 Å². The third kappa shape index (κ3) is 4.48. The Bertz CT molecular complexity index is 902. The van der Waals surface area contributed by atoms with Crippen molar-refractivity contribution in [2.75, 3.05) is 18.4 Å². The fraction of sp³-hybridized carbons (Fsp3) is 0.350. The number of carbonyl (C=O) groups excluding carboxylic acids is 1. The Morgan fingerprint density at radius 2 is 1.67 bits per heavy atom. The zero-order valence-electron chi connectivity index (χ0n) is 15.5. The number of rotatable bonds is 6. The Balaban J connectivity index is 1.75. The highest BCUT2D eigenvalue weighted by molar-refractivity contribution is 7.89. The van der Waals surface area contributed by atoms with Gasteiger partial charge in [0.25, 0.3) is 5.91 Å². The van der Waals surface area contributed by atoms with Crippen LogP contribution in [0.5, 0.6) is 5.75 Å². The lowest BCUT2D eigenvalue weighted by Crippen LogP contribution is -2.27. The molecule has 1 aliphatic rings. The van der Waals surface area contributed by atoms with E-state index in [1.807, 2.05) is 26.0 Å². The fourth-order valence-electron chi connectivity index (χ4n) is 2.98. The molecule has 0 spiro atoms. The number of benzene rings is 2. The highest BCUT2D eigenvalue weighted by Gasteiger charge is 2.27. The van der Waals surface area contributed by atoms with Crippen molar-refractivity contribution in [2.45, 2.75) is 37.7 Å². The molecule has 144 valence electrons. The molecule has 0 unspecified atom stereocenters. The topological polar surface area (TPSA) is 75.7 Å². The molecule has 0 bridgehead atoms. The zero-order valence-corrected chi connectivity index (χ0v) is 16.3. The van der Waals surface area contributed by atoms with E-state index >= 15 is 0 Å². The third-order valence-corrected chi connectivity index (χ3v) is 6.23. The lowest BCUT2D eigenvalue weighted by Gasteiger charge is -2.16. The molecule has 1 amide bonds. The molecule has 0 aliphatic carbocycles. The van der Waals surface area contributed by atoms with Gasteiger partial charge in [-0.15, -0.1) is 0 Å². The molecule has 3 rings (SSSR count). The smallest absolute Gasteiger partial charge is 0.255 e. The van der Waals surface area contributed by atoms with Gasteiger partial charge in [0, 0.05) is 18.7 Å². The first-order chi connectivity index (χ1) is 12.9. The summed E-state index contributed by atoms with van der Waals surface area (Å²) in [4.78, 5) is 12.8.